The highest BCUT2D eigenvalue weighted by Gasteiger charge is 2.55. The SMILES string of the molecule is COC(=O)C1C2c3ccccc3OC1(C)N=c1sc(=Cc3ccc(N(C)C)cc3)c(=O)n12. The number of hydrogen-bond donors (Lipinski definition) is 0. The van der Waals surface area contributed by atoms with Crippen LogP contribution in [0.2, 0.25) is 0 Å². The van der Waals surface area contributed by atoms with Crippen molar-refractivity contribution < 1.29 is 14.3 Å². The molecule has 3 aromatic rings. The van der Waals surface area contributed by atoms with Crippen LogP contribution in [0.4, 0.5) is 5.69 Å². The van der Waals surface area contributed by atoms with Gasteiger partial charge in [-0.15, -0.1) is 0 Å². The van der Waals surface area contributed by atoms with Crippen LogP contribution in [0.5, 0.6) is 5.75 Å². The predicted octanol–water partition coefficient (Wildman–Crippen LogP) is 1.92. The number of ether oxygens (including phenoxy) is 2. The van der Waals surface area contributed by atoms with E-state index in [4.69, 9.17) is 14.5 Å². The number of methoxy groups -OCH3 is 1. The number of aromatic nitrogens is 1. The topological polar surface area (TPSA) is 73.1 Å². The minimum Gasteiger partial charge on any atom is -0.469 e. The molecule has 3 heterocycles. The van der Waals surface area contributed by atoms with Crippen LogP contribution in [0.15, 0.2) is 58.3 Å². The lowest BCUT2D eigenvalue weighted by Crippen LogP contribution is -2.58. The first-order chi connectivity index (χ1) is 15.3. The van der Waals surface area contributed by atoms with E-state index in [1.165, 1.54) is 18.4 Å². The van der Waals surface area contributed by atoms with E-state index in [0.717, 1.165) is 16.8 Å². The van der Waals surface area contributed by atoms with Crippen molar-refractivity contribution in [3.63, 3.8) is 0 Å². The molecule has 32 heavy (non-hydrogen) atoms. The van der Waals surface area contributed by atoms with Crippen molar-refractivity contribution in [3.05, 3.63) is 79.3 Å². The summed E-state index contributed by atoms with van der Waals surface area (Å²) in [6.07, 6.45) is 1.86. The maximum Gasteiger partial charge on any atom is 0.317 e. The van der Waals surface area contributed by atoms with Crippen molar-refractivity contribution in [2.24, 2.45) is 10.9 Å². The van der Waals surface area contributed by atoms with Crippen LogP contribution in [0.25, 0.3) is 6.08 Å². The third-order valence-electron chi connectivity index (χ3n) is 6.04. The molecular formula is C24H23N3O4S. The van der Waals surface area contributed by atoms with Crippen LogP contribution in [-0.4, -0.2) is 37.5 Å². The van der Waals surface area contributed by atoms with Crippen molar-refractivity contribution >= 4 is 29.1 Å². The average molecular weight is 450 g/mol. The second-order valence-electron chi connectivity index (χ2n) is 8.31. The summed E-state index contributed by atoms with van der Waals surface area (Å²) < 4.78 is 13.5. The standard InChI is InChI=1S/C24H23N3O4S/c1-24-19(22(29)30-4)20(16-7-5-6-8-17(16)31-24)27-21(28)18(32-23(27)25-24)13-14-9-11-15(12-10-14)26(2)3/h5-13,19-20H,1-4H3. The second-order valence-corrected chi connectivity index (χ2v) is 9.32. The Morgan fingerprint density at radius 3 is 2.62 bits per heavy atom. The quantitative estimate of drug-likeness (QED) is 0.572. The molecule has 0 spiro atoms. The number of rotatable bonds is 3. The molecule has 0 radical (unpaired) electrons. The Labute approximate surface area is 188 Å². The van der Waals surface area contributed by atoms with Gasteiger partial charge in [-0.05, 0) is 36.8 Å². The summed E-state index contributed by atoms with van der Waals surface area (Å²) in [7, 11) is 5.31. The molecule has 0 amide bonds. The van der Waals surface area contributed by atoms with Gasteiger partial charge in [-0.2, -0.15) is 0 Å². The number of esters is 1. The minimum atomic E-state index is -1.16. The molecule has 0 fully saturated rings. The zero-order chi connectivity index (χ0) is 22.6. The lowest BCUT2D eigenvalue weighted by atomic mass is 9.81. The van der Waals surface area contributed by atoms with Gasteiger partial charge >= 0.3 is 5.97 Å². The number of anilines is 1. The van der Waals surface area contributed by atoms with Crippen molar-refractivity contribution in [3.8, 4) is 5.75 Å². The molecule has 0 aliphatic carbocycles. The molecule has 2 aromatic carbocycles. The Kier molecular flexibility index (Phi) is 4.70. The maximum absolute atomic E-state index is 13.5. The molecule has 8 heteroatoms. The van der Waals surface area contributed by atoms with Gasteiger partial charge in [0.25, 0.3) is 5.56 Å². The summed E-state index contributed by atoms with van der Waals surface area (Å²) >= 11 is 1.30. The molecule has 5 rings (SSSR count). The fourth-order valence-corrected chi connectivity index (χ4v) is 5.55. The number of fused-ring (bicyclic) bond motifs is 6. The van der Waals surface area contributed by atoms with E-state index in [9.17, 15) is 9.59 Å². The van der Waals surface area contributed by atoms with E-state index < -0.39 is 23.7 Å². The first-order valence-corrected chi connectivity index (χ1v) is 11.1. The zero-order valence-corrected chi connectivity index (χ0v) is 19.1. The summed E-state index contributed by atoms with van der Waals surface area (Å²) in [4.78, 5) is 33.7. The molecule has 0 saturated carbocycles. The summed E-state index contributed by atoms with van der Waals surface area (Å²) in [5, 5.41) is 0. The smallest absolute Gasteiger partial charge is 0.317 e. The number of carbonyl (C=O) groups is 1. The molecule has 164 valence electrons. The van der Waals surface area contributed by atoms with Gasteiger partial charge in [0.1, 0.15) is 11.7 Å². The van der Waals surface area contributed by atoms with Crippen LogP contribution in [0, 0.1) is 5.92 Å². The largest absolute Gasteiger partial charge is 0.469 e. The number of thiazole rings is 1. The number of para-hydroxylation sites is 1. The Morgan fingerprint density at radius 2 is 1.94 bits per heavy atom. The van der Waals surface area contributed by atoms with E-state index in [1.807, 2.05) is 73.6 Å². The van der Waals surface area contributed by atoms with E-state index in [2.05, 4.69) is 0 Å². The Balaban J connectivity index is 1.72. The van der Waals surface area contributed by atoms with Crippen molar-refractivity contribution in [1.29, 1.82) is 0 Å². The van der Waals surface area contributed by atoms with Gasteiger partial charge in [-0.25, -0.2) is 4.99 Å². The van der Waals surface area contributed by atoms with Gasteiger partial charge in [-0.1, -0.05) is 41.7 Å². The van der Waals surface area contributed by atoms with Crippen LogP contribution in [0.1, 0.15) is 24.1 Å². The predicted molar refractivity (Wildman–Crippen MR) is 123 cm³/mol. The average Bonchev–Trinajstić information content (AvgIpc) is 3.06. The van der Waals surface area contributed by atoms with Crippen molar-refractivity contribution in [2.45, 2.75) is 18.7 Å². The van der Waals surface area contributed by atoms with Crippen molar-refractivity contribution in [1.82, 2.24) is 4.57 Å². The highest BCUT2D eigenvalue weighted by atomic mass is 32.1. The monoisotopic (exact) mass is 449 g/mol. The summed E-state index contributed by atoms with van der Waals surface area (Å²) in [6.45, 7) is 1.77. The van der Waals surface area contributed by atoms with Gasteiger partial charge in [0, 0.05) is 25.3 Å². The molecule has 2 aliphatic heterocycles. The molecule has 3 unspecified atom stereocenters. The van der Waals surface area contributed by atoms with E-state index in [-0.39, 0.29) is 5.56 Å². The van der Waals surface area contributed by atoms with E-state index >= 15 is 0 Å². The van der Waals surface area contributed by atoms with E-state index in [0.29, 0.717) is 15.1 Å². The summed E-state index contributed by atoms with van der Waals surface area (Å²) in [5.74, 6) is -0.601. The summed E-state index contributed by atoms with van der Waals surface area (Å²) in [6, 6.07) is 14.9. The van der Waals surface area contributed by atoms with Crippen LogP contribution in [0.3, 0.4) is 0 Å². The maximum atomic E-state index is 13.5. The first kappa shape index (κ1) is 20.5. The molecule has 0 N–H and O–H groups in total. The number of hydrogen-bond acceptors (Lipinski definition) is 7. The first-order valence-electron chi connectivity index (χ1n) is 10.3. The lowest BCUT2D eigenvalue weighted by molar-refractivity contribution is -0.158. The van der Waals surface area contributed by atoms with Crippen LogP contribution in [-0.2, 0) is 9.53 Å². The molecular weight excluding hydrogens is 426 g/mol. The summed E-state index contributed by atoms with van der Waals surface area (Å²) in [5.41, 5.74) is 1.44. The van der Waals surface area contributed by atoms with Gasteiger partial charge in [0.05, 0.1) is 17.7 Å². The molecule has 0 saturated heterocycles. The molecule has 3 atom stereocenters. The molecule has 2 bridgehead atoms. The van der Waals surface area contributed by atoms with E-state index in [1.54, 1.807) is 11.5 Å². The van der Waals surface area contributed by atoms with Gasteiger partial charge < -0.3 is 14.4 Å². The fraction of sp³-hybridized carbons (Fsp3) is 0.292. The Morgan fingerprint density at radius 1 is 1.22 bits per heavy atom. The van der Waals surface area contributed by atoms with Crippen LogP contribution < -0.4 is 24.5 Å². The fourth-order valence-electron chi connectivity index (χ4n) is 4.45. The number of carbonyl (C=O) groups excluding carboxylic acids is 1. The molecule has 1 aromatic heterocycles. The Bertz CT molecular complexity index is 1390. The normalized spacial score (nSPS) is 23.4. The third-order valence-corrected chi connectivity index (χ3v) is 7.03. The van der Waals surface area contributed by atoms with Crippen LogP contribution >= 0.6 is 11.3 Å². The lowest BCUT2D eigenvalue weighted by Gasteiger charge is -2.44. The number of nitrogens with zero attached hydrogens (tertiary/aromatic N) is 3. The van der Waals surface area contributed by atoms with Gasteiger partial charge in [-0.3, -0.25) is 14.2 Å². The highest BCUT2D eigenvalue weighted by molar-refractivity contribution is 7.07. The highest BCUT2D eigenvalue weighted by Crippen LogP contribution is 2.47. The molecule has 2 aliphatic rings. The second kappa shape index (κ2) is 7.34. The minimum absolute atomic E-state index is 0.178. The molecule has 7 nitrogen and oxygen atoms in total. The third kappa shape index (κ3) is 3.05. The van der Waals surface area contributed by atoms with Gasteiger partial charge in [0.15, 0.2) is 4.80 Å². The number of benzene rings is 2. The zero-order valence-electron chi connectivity index (χ0n) is 18.2. The van der Waals surface area contributed by atoms with Gasteiger partial charge in [0.2, 0.25) is 5.72 Å². The Hall–Kier alpha value is -3.39. The van der Waals surface area contributed by atoms with Crippen molar-refractivity contribution in [2.75, 3.05) is 26.1 Å².